The molecule has 0 spiro atoms. The molecule has 1 aliphatic carbocycles. The van der Waals surface area contributed by atoms with Gasteiger partial charge in [0.15, 0.2) is 0 Å². The second kappa shape index (κ2) is 9.32. The van der Waals surface area contributed by atoms with E-state index in [0.717, 1.165) is 6.07 Å². The van der Waals surface area contributed by atoms with Crippen molar-refractivity contribution >= 4 is 39.3 Å². The molecule has 216 valence electrons. The SMILES string of the molecule is CN[C@@H]1CN(C(=O)c2c(C)cc(C(F)(F)F)nc2-c2ccnc3cc(CN4C(=O)C5C(C4=O)C5(C)C)sc23)C[C@@H]1C. The van der Waals surface area contributed by atoms with Crippen LogP contribution in [0.1, 0.15) is 47.3 Å². The number of nitrogens with zero attached hydrogens (tertiary/aromatic N) is 4. The molecular weight excluding hydrogens is 555 g/mol. The Labute approximate surface area is 238 Å². The lowest BCUT2D eigenvalue weighted by molar-refractivity contribution is -0.144. The van der Waals surface area contributed by atoms with Crippen LogP contribution in [0, 0.1) is 30.1 Å². The summed E-state index contributed by atoms with van der Waals surface area (Å²) in [5, 5.41) is 3.20. The molecule has 5 heterocycles. The number of amides is 3. The number of fused-ring (bicyclic) bond motifs is 2. The standard InChI is InChI=1S/C29H30F3N5O3S/c1-13-8-19(29(30,31)32)35-23(20(13)25(38)36-10-14(2)18(12-36)33-5)16-6-7-34-17-9-15(41-24(16)17)11-37-26(39)21-22(27(37)40)28(21,3)4/h6-9,14,18,21-22,33H,10-12H2,1-5H3/t14-,18+,21?,22?/m0/s1. The average molecular weight is 586 g/mol. The summed E-state index contributed by atoms with van der Waals surface area (Å²) in [5.41, 5.74) is -0.310. The van der Waals surface area contributed by atoms with Crippen molar-refractivity contribution in [2.24, 2.45) is 23.2 Å². The number of rotatable bonds is 5. The lowest BCUT2D eigenvalue weighted by Gasteiger charge is -2.21. The predicted molar refractivity (Wildman–Crippen MR) is 147 cm³/mol. The van der Waals surface area contributed by atoms with E-state index in [1.165, 1.54) is 29.4 Å². The molecule has 4 atom stereocenters. The molecule has 1 N–H and O–H groups in total. The molecule has 2 saturated heterocycles. The summed E-state index contributed by atoms with van der Waals surface area (Å²) in [5.74, 6) is -1.20. The highest BCUT2D eigenvalue weighted by atomic mass is 32.1. The average Bonchev–Trinajstić information content (AvgIpc) is 3.23. The monoisotopic (exact) mass is 585 g/mol. The molecule has 3 amide bonds. The fourth-order valence-corrected chi connectivity index (χ4v) is 7.63. The maximum Gasteiger partial charge on any atom is 0.433 e. The van der Waals surface area contributed by atoms with E-state index in [1.54, 1.807) is 17.0 Å². The van der Waals surface area contributed by atoms with Gasteiger partial charge in [-0.2, -0.15) is 13.2 Å². The number of thiophene rings is 1. The lowest BCUT2D eigenvalue weighted by Crippen LogP contribution is -2.35. The molecule has 8 nitrogen and oxygen atoms in total. The Kier molecular flexibility index (Phi) is 6.31. The van der Waals surface area contributed by atoms with Gasteiger partial charge in [-0.05, 0) is 49.1 Å². The van der Waals surface area contributed by atoms with Crippen molar-refractivity contribution in [2.75, 3.05) is 20.1 Å². The van der Waals surface area contributed by atoms with Crippen LogP contribution in [0.2, 0.25) is 0 Å². The Hall–Kier alpha value is -3.38. The molecule has 2 aliphatic heterocycles. The van der Waals surface area contributed by atoms with Gasteiger partial charge < -0.3 is 10.2 Å². The first-order valence-electron chi connectivity index (χ1n) is 13.5. The molecule has 41 heavy (non-hydrogen) atoms. The highest BCUT2D eigenvalue weighted by Gasteiger charge is 2.72. The van der Waals surface area contributed by atoms with Gasteiger partial charge in [0, 0.05) is 35.8 Å². The first-order chi connectivity index (χ1) is 19.2. The highest BCUT2D eigenvalue weighted by Crippen LogP contribution is 2.63. The normalized spacial score (nSPS) is 25.4. The summed E-state index contributed by atoms with van der Waals surface area (Å²) >= 11 is 1.24. The third-order valence-electron chi connectivity index (χ3n) is 8.91. The quantitative estimate of drug-likeness (QED) is 0.443. The summed E-state index contributed by atoms with van der Waals surface area (Å²) in [4.78, 5) is 51.6. The van der Waals surface area contributed by atoms with Crippen LogP contribution < -0.4 is 5.32 Å². The van der Waals surface area contributed by atoms with E-state index in [-0.39, 0.29) is 70.3 Å². The van der Waals surface area contributed by atoms with Crippen LogP contribution in [0.5, 0.6) is 0 Å². The summed E-state index contributed by atoms with van der Waals surface area (Å²) < 4.78 is 42.3. The van der Waals surface area contributed by atoms with Gasteiger partial charge in [0.1, 0.15) is 5.69 Å². The van der Waals surface area contributed by atoms with Gasteiger partial charge in [-0.3, -0.25) is 24.3 Å². The van der Waals surface area contributed by atoms with Gasteiger partial charge in [0.25, 0.3) is 5.91 Å². The van der Waals surface area contributed by atoms with Crippen LogP contribution in [-0.4, -0.2) is 63.7 Å². The number of aromatic nitrogens is 2. The van der Waals surface area contributed by atoms with Crippen LogP contribution in [0.4, 0.5) is 13.2 Å². The molecule has 2 unspecified atom stereocenters. The third-order valence-corrected chi connectivity index (χ3v) is 10.1. The third kappa shape index (κ3) is 4.34. The topological polar surface area (TPSA) is 95.5 Å². The van der Waals surface area contributed by atoms with E-state index >= 15 is 0 Å². The zero-order valence-corrected chi connectivity index (χ0v) is 24.1. The Morgan fingerprint density at radius 1 is 1.17 bits per heavy atom. The van der Waals surface area contributed by atoms with Crippen molar-refractivity contribution in [1.29, 1.82) is 0 Å². The van der Waals surface area contributed by atoms with E-state index in [0.29, 0.717) is 33.7 Å². The van der Waals surface area contributed by atoms with E-state index in [9.17, 15) is 27.6 Å². The number of carbonyl (C=O) groups is 3. The van der Waals surface area contributed by atoms with Crippen molar-refractivity contribution in [1.82, 2.24) is 25.1 Å². The fraction of sp³-hybridized carbons (Fsp3) is 0.483. The molecule has 3 aromatic heterocycles. The van der Waals surface area contributed by atoms with E-state index in [1.807, 2.05) is 27.8 Å². The van der Waals surface area contributed by atoms with Crippen molar-refractivity contribution in [2.45, 2.75) is 46.5 Å². The number of likely N-dealkylation sites (N-methyl/N-ethyl adjacent to an activating group) is 1. The second-order valence-corrected chi connectivity index (χ2v) is 13.1. The predicted octanol–water partition coefficient (Wildman–Crippen LogP) is 4.51. The van der Waals surface area contributed by atoms with Crippen molar-refractivity contribution in [3.63, 3.8) is 0 Å². The molecular formula is C29H30F3N5O3S. The zero-order valence-electron chi connectivity index (χ0n) is 23.3. The highest BCUT2D eigenvalue weighted by molar-refractivity contribution is 7.19. The largest absolute Gasteiger partial charge is 0.433 e. The summed E-state index contributed by atoms with van der Waals surface area (Å²) in [6.07, 6.45) is -3.24. The number of imide groups is 1. The molecule has 3 fully saturated rings. The molecule has 1 saturated carbocycles. The molecule has 6 rings (SSSR count). The minimum absolute atomic E-state index is 0.0556. The molecule has 12 heteroatoms. The number of nitrogens with one attached hydrogen (secondary N) is 1. The molecule has 3 aromatic rings. The van der Waals surface area contributed by atoms with Crippen molar-refractivity contribution in [3.8, 4) is 11.3 Å². The van der Waals surface area contributed by atoms with Crippen molar-refractivity contribution in [3.05, 3.63) is 46.1 Å². The second-order valence-electron chi connectivity index (χ2n) is 12.0. The maximum absolute atomic E-state index is 13.9. The van der Waals surface area contributed by atoms with Gasteiger partial charge >= 0.3 is 6.18 Å². The number of hydrogen-bond acceptors (Lipinski definition) is 7. The Balaban J connectivity index is 1.42. The molecule has 3 aliphatic rings. The number of carbonyl (C=O) groups excluding carboxylic acids is 3. The number of alkyl halides is 3. The van der Waals surface area contributed by atoms with Gasteiger partial charge in [-0.1, -0.05) is 20.8 Å². The van der Waals surface area contributed by atoms with Gasteiger partial charge in [0.05, 0.1) is 39.9 Å². The number of likely N-dealkylation sites (tertiary alicyclic amines) is 2. The van der Waals surface area contributed by atoms with Crippen LogP contribution in [0.15, 0.2) is 24.4 Å². The van der Waals surface area contributed by atoms with Crippen LogP contribution in [-0.2, 0) is 22.3 Å². The molecule has 0 radical (unpaired) electrons. The summed E-state index contributed by atoms with van der Waals surface area (Å²) in [6.45, 7) is 8.31. The number of pyridine rings is 2. The van der Waals surface area contributed by atoms with E-state index < -0.39 is 11.9 Å². The number of aryl methyl sites for hydroxylation is 1. The number of piperidine rings is 1. The first kappa shape index (κ1) is 27.8. The van der Waals surface area contributed by atoms with Crippen molar-refractivity contribution < 1.29 is 27.6 Å². The van der Waals surface area contributed by atoms with Gasteiger partial charge in [-0.25, -0.2) is 4.98 Å². The smallest absolute Gasteiger partial charge is 0.337 e. The summed E-state index contributed by atoms with van der Waals surface area (Å²) in [6, 6.07) is 4.29. The molecule has 0 aromatic carbocycles. The Morgan fingerprint density at radius 3 is 2.46 bits per heavy atom. The Bertz CT molecular complexity index is 1590. The lowest BCUT2D eigenvalue weighted by atomic mass is 9.99. The van der Waals surface area contributed by atoms with E-state index in [4.69, 9.17) is 0 Å². The van der Waals surface area contributed by atoms with Crippen LogP contribution in [0.3, 0.4) is 0 Å². The van der Waals surface area contributed by atoms with Crippen LogP contribution >= 0.6 is 11.3 Å². The number of hydrogen-bond donors (Lipinski definition) is 1. The number of halogens is 3. The fourth-order valence-electron chi connectivity index (χ4n) is 6.52. The van der Waals surface area contributed by atoms with Gasteiger partial charge in [-0.15, -0.1) is 11.3 Å². The van der Waals surface area contributed by atoms with E-state index in [2.05, 4.69) is 15.3 Å². The summed E-state index contributed by atoms with van der Waals surface area (Å²) in [7, 11) is 1.82. The molecule has 0 bridgehead atoms. The first-order valence-corrected chi connectivity index (χ1v) is 14.3. The minimum atomic E-state index is -4.71. The zero-order chi connectivity index (χ0) is 29.6. The maximum atomic E-state index is 13.9. The van der Waals surface area contributed by atoms with Crippen LogP contribution in [0.25, 0.3) is 21.5 Å². The van der Waals surface area contributed by atoms with Gasteiger partial charge in [0.2, 0.25) is 11.8 Å². The Morgan fingerprint density at radius 2 is 1.85 bits per heavy atom. The minimum Gasteiger partial charge on any atom is -0.337 e.